The number of hydrogen-bond acceptors (Lipinski definition) is 4. The molecule has 0 aliphatic heterocycles. The zero-order valence-corrected chi connectivity index (χ0v) is 10.7. The van der Waals surface area contributed by atoms with Crippen molar-refractivity contribution in [2.24, 2.45) is 5.73 Å². The molecule has 100 valence electrons. The molecule has 4 heteroatoms. The lowest BCUT2D eigenvalue weighted by Gasteiger charge is -2.14. The van der Waals surface area contributed by atoms with E-state index >= 15 is 0 Å². The minimum absolute atomic E-state index is 0.206. The summed E-state index contributed by atoms with van der Waals surface area (Å²) in [4.78, 5) is 0. The Morgan fingerprint density at radius 3 is 2.78 bits per heavy atom. The van der Waals surface area contributed by atoms with Crippen LogP contribution in [0.1, 0.15) is 24.0 Å². The van der Waals surface area contributed by atoms with E-state index in [1.54, 1.807) is 0 Å². The first kappa shape index (κ1) is 13.3. The predicted molar refractivity (Wildman–Crippen MR) is 71.6 cm³/mol. The standard InChI is InChI=1S/C14H22N2O2/c15-10-18-14-6-3-11-1-4-13(16-7-8-17)5-2-12(11)9-14/h3,6,9,13,16-17H,1-2,4-5,7-8,10,15H2. The van der Waals surface area contributed by atoms with Crippen molar-refractivity contribution in [3.63, 3.8) is 0 Å². The van der Waals surface area contributed by atoms with Crippen LogP contribution in [0.15, 0.2) is 18.2 Å². The molecule has 0 saturated carbocycles. The van der Waals surface area contributed by atoms with Gasteiger partial charge in [0.25, 0.3) is 0 Å². The summed E-state index contributed by atoms with van der Waals surface area (Å²) in [6.45, 7) is 1.11. The van der Waals surface area contributed by atoms with Crippen molar-refractivity contribution in [2.75, 3.05) is 19.9 Å². The van der Waals surface area contributed by atoms with Crippen LogP contribution in [0.2, 0.25) is 0 Å². The number of nitrogens with two attached hydrogens (primary N) is 1. The van der Waals surface area contributed by atoms with E-state index in [2.05, 4.69) is 17.4 Å². The van der Waals surface area contributed by atoms with Crippen molar-refractivity contribution in [3.8, 4) is 5.75 Å². The lowest BCUT2D eigenvalue weighted by atomic mass is 10.0. The second-order valence-corrected chi connectivity index (χ2v) is 4.69. The molecule has 1 atom stereocenters. The summed E-state index contributed by atoms with van der Waals surface area (Å²) in [6, 6.07) is 6.75. The molecule has 0 aromatic heterocycles. The number of ether oxygens (including phenoxy) is 1. The third kappa shape index (κ3) is 3.45. The molecule has 0 saturated heterocycles. The molecule has 1 aliphatic carbocycles. The van der Waals surface area contributed by atoms with E-state index < -0.39 is 0 Å². The van der Waals surface area contributed by atoms with Crippen LogP contribution in [0.25, 0.3) is 0 Å². The van der Waals surface area contributed by atoms with Crippen LogP contribution in [0.5, 0.6) is 5.75 Å². The Morgan fingerprint density at radius 1 is 1.28 bits per heavy atom. The number of nitrogens with one attached hydrogen (secondary N) is 1. The molecule has 1 aliphatic rings. The second kappa shape index (κ2) is 6.73. The van der Waals surface area contributed by atoms with Crippen LogP contribution in [0.4, 0.5) is 0 Å². The Balaban J connectivity index is 2.00. The van der Waals surface area contributed by atoms with E-state index in [1.165, 1.54) is 11.1 Å². The largest absolute Gasteiger partial charge is 0.479 e. The van der Waals surface area contributed by atoms with Crippen molar-refractivity contribution in [2.45, 2.75) is 31.7 Å². The van der Waals surface area contributed by atoms with E-state index in [0.29, 0.717) is 12.6 Å². The number of rotatable bonds is 5. The van der Waals surface area contributed by atoms with Crippen LogP contribution in [-0.2, 0) is 12.8 Å². The topological polar surface area (TPSA) is 67.5 Å². The third-order valence-electron chi connectivity index (χ3n) is 3.50. The molecule has 1 aromatic carbocycles. The van der Waals surface area contributed by atoms with Gasteiger partial charge in [0.15, 0.2) is 0 Å². The highest BCUT2D eigenvalue weighted by molar-refractivity contribution is 5.36. The number of fused-ring (bicyclic) bond motifs is 1. The Morgan fingerprint density at radius 2 is 2.06 bits per heavy atom. The van der Waals surface area contributed by atoms with Crippen LogP contribution >= 0.6 is 0 Å². The van der Waals surface area contributed by atoms with E-state index in [-0.39, 0.29) is 13.3 Å². The summed E-state index contributed by atoms with van der Waals surface area (Å²) in [5.41, 5.74) is 8.17. The molecule has 2 rings (SSSR count). The minimum Gasteiger partial charge on any atom is -0.479 e. The smallest absolute Gasteiger partial charge is 0.137 e. The predicted octanol–water partition coefficient (Wildman–Crippen LogP) is 0.811. The molecule has 4 N–H and O–H groups in total. The average molecular weight is 250 g/mol. The van der Waals surface area contributed by atoms with Crippen molar-refractivity contribution in [1.29, 1.82) is 0 Å². The number of benzene rings is 1. The lowest BCUT2D eigenvalue weighted by Crippen LogP contribution is -2.31. The van der Waals surface area contributed by atoms with Gasteiger partial charge in [-0.05, 0) is 48.9 Å². The maximum atomic E-state index is 8.85. The number of aliphatic hydroxyl groups excluding tert-OH is 1. The highest BCUT2D eigenvalue weighted by atomic mass is 16.5. The summed E-state index contributed by atoms with van der Waals surface area (Å²) >= 11 is 0. The first-order valence-electron chi connectivity index (χ1n) is 6.62. The van der Waals surface area contributed by atoms with E-state index in [0.717, 1.165) is 31.4 Å². The van der Waals surface area contributed by atoms with Crippen LogP contribution in [0.3, 0.4) is 0 Å². The molecular weight excluding hydrogens is 228 g/mol. The fraction of sp³-hybridized carbons (Fsp3) is 0.571. The van der Waals surface area contributed by atoms with E-state index in [9.17, 15) is 0 Å². The normalized spacial score (nSPS) is 19.1. The van der Waals surface area contributed by atoms with Gasteiger partial charge < -0.3 is 15.2 Å². The van der Waals surface area contributed by atoms with Crippen molar-refractivity contribution in [1.82, 2.24) is 5.32 Å². The molecule has 0 spiro atoms. The van der Waals surface area contributed by atoms with Gasteiger partial charge in [-0.3, -0.25) is 5.73 Å². The zero-order valence-electron chi connectivity index (χ0n) is 10.7. The van der Waals surface area contributed by atoms with Gasteiger partial charge in [-0.15, -0.1) is 0 Å². The Kier molecular flexibility index (Phi) is 4.99. The van der Waals surface area contributed by atoms with Crippen LogP contribution in [-0.4, -0.2) is 31.0 Å². The molecule has 0 heterocycles. The van der Waals surface area contributed by atoms with Gasteiger partial charge in [-0.1, -0.05) is 6.07 Å². The second-order valence-electron chi connectivity index (χ2n) is 4.69. The molecular formula is C14H22N2O2. The number of aryl methyl sites for hydroxylation is 2. The zero-order chi connectivity index (χ0) is 12.8. The Bertz CT molecular complexity index is 382. The van der Waals surface area contributed by atoms with Crippen LogP contribution in [0, 0.1) is 0 Å². The van der Waals surface area contributed by atoms with Crippen molar-refractivity contribution in [3.05, 3.63) is 29.3 Å². The Labute approximate surface area is 108 Å². The van der Waals surface area contributed by atoms with Crippen LogP contribution < -0.4 is 15.8 Å². The summed E-state index contributed by atoms with van der Waals surface area (Å²) in [5.74, 6) is 0.859. The van der Waals surface area contributed by atoms with E-state index in [1.807, 2.05) is 6.07 Å². The molecule has 1 aromatic rings. The lowest BCUT2D eigenvalue weighted by molar-refractivity contribution is 0.280. The van der Waals surface area contributed by atoms with Crippen molar-refractivity contribution >= 4 is 0 Å². The fourth-order valence-electron chi connectivity index (χ4n) is 2.54. The molecule has 0 amide bonds. The number of hydrogen-bond donors (Lipinski definition) is 3. The van der Waals surface area contributed by atoms with Gasteiger partial charge in [0.2, 0.25) is 0 Å². The summed E-state index contributed by atoms with van der Waals surface area (Å²) in [5, 5.41) is 12.2. The average Bonchev–Trinajstić information content (AvgIpc) is 2.59. The quantitative estimate of drug-likeness (QED) is 0.534. The minimum atomic E-state index is 0.206. The maximum absolute atomic E-state index is 8.85. The van der Waals surface area contributed by atoms with Gasteiger partial charge in [-0.2, -0.15) is 0 Å². The molecule has 0 bridgehead atoms. The molecule has 18 heavy (non-hydrogen) atoms. The maximum Gasteiger partial charge on any atom is 0.137 e. The summed E-state index contributed by atoms with van der Waals surface area (Å²) in [7, 11) is 0. The Hall–Kier alpha value is -1.10. The van der Waals surface area contributed by atoms with E-state index in [4.69, 9.17) is 15.6 Å². The van der Waals surface area contributed by atoms with Gasteiger partial charge in [0.1, 0.15) is 12.5 Å². The fourth-order valence-corrected chi connectivity index (χ4v) is 2.54. The van der Waals surface area contributed by atoms with Gasteiger partial charge in [0, 0.05) is 12.6 Å². The molecule has 0 fully saturated rings. The molecule has 0 radical (unpaired) electrons. The highest BCUT2D eigenvalue weighted by Crippen LogP contribution is 2.24. The highest BCUT2D eigenvalue weighted by Gasteiger charge is 2.16. The van der Waals surface area contributed by atoms with Gasteiger partial charge in [0.05, 0.1) is 6.61 Å². The first-order chi connectivity index (χ1) is 8.83. The van der Waals surface area contributed by atoms with Crippen molar-refractivity contribution < 1.29 is 9.84 Å². The van der Waals surface area contributed by atoms with Gasteiger partial charge >= 0.3 is 0 Å². The monoisotopic (exact) mass is 250 g/mol. The summed E-state index contributed by atoms with van der Waals surface area (Å²) < 4.78 is 5.33. The first-order valence-corrected chi connectivity index (χ1v) is 6.62. The molecule has 1 unspecified atom stereocenters. The summed E-state index contributed by atoms with van der Waals surface area (Å²) in [6.07, 6.45) is 4.38. The molecule has 4 nitrogen and oxygen atoms in total. The number of aliphatic hydroxyl groups is 1. The SMILES string of the molecule is NCOc1ccc2c(c1)CCC(NCCO)CC2. The third-order valence-corrected chi connectivity index (χ3v) is 3.50. The van der Waals surface area contributed by atoms with Gasteiger partial charge in [-0.25, -0.2) is 0 Å².